The van der Waals surface area contributed by atoms with Crippen molar-refractivity contribution in [2.24, 2.45) is 0 Å². The van der Waals surface area contributed by atoms with Gasteiger partial charge in [-0.25, -0.2) is 0 Å². The molecule has 0 radical (unpaired) electrons. The Labute approximate surface area is 105 Å². The first-order valence-electron chi connectivity index (χ1n) is 5.95. The molecule has 6 heteroatoms. The number of ether oxygens (including phenoxy) is 1. The van der Waals surface area contributed by atoms with Gasteiger partial charge in [0.25, 0.3) is 0 Å². The molecule has 2 rings (SSSR count). The number of benzene rings is 1. The van der Waals surface area contributed by atoms with Gasteiger partial charge < -0.3 is 9.84 Å². The summed E-state index contributed by atoms with van der Waals surface area (Å²) in [5.74, 6) is 0.716. The number of aromatic nitrogens is 4. The third-order valence-electron chi connectivity index (χ3n) is 2.59. The minimum Gasteiger partial charge on any atom is -0.491 e. The number of hydrogen-bond acceptors (Lipinski definition) is 5. The maximum atomic E-state index is 8.76. The van der Waals surface area contributed by atoms with Crippen LogP contribution in [0.2, 0.25) is 0 Å². The first-order chi connectivity index (χ1) is 8.85. The van der Waals surface area contributed by atoms with Crippen molar-refractivity contribution in [3.63, 3.8) is 0 Å². The van der Waals surface area contributed by atoms with Gasteiger partial charge in [0.15, 0.2) is 0 Å². The van der Waals surface area contributed by atoms with Crippen LogP contribution in [-0.4, -0.2) is 38.5 Å². The highest BCUT2D eigenvalue weighted by Crippen LogP contribution is 2.23. The standard InChI is InChI=1S/C12H16N4O2/c1-2-10-4-5-12(18-7-3-6-17)11(8-10)16-9-13-14-15-16/h4-5,8-9,17H,2-3,6-7H2,1H3. The second-order valence-corrected chi connectivity index (χ2v) is 3.84. The van der Waals surface area contributed by atoms with Crippen LogP contribution in [0, 0.1) is 0 Å². The molecule has 18 heavy (non-hydrogen) atoms. The van der Waals surface area contributed by atoms with E-state index >= 15 is 0 Å². The Bertz CT molecular complexity index is 485. The molecule has 0 fully saturated rings. The van der Waals surface area contributed by atoms with Gasteiger partial charge in [-0.1, -0.05) is 13.0 Å². The van der Waals surface area contributed by atoms with E-state index in [1.807, 2.05) is 18.2 Å². The average Bonchev–Trinajstić information content (AvgIpc) is 2.93. The number of tetrazole rings is 1. The van der Waals surface area contributed by atoms with Crippen molar-refractivity contribution in [1.29, 1.82) is 0 Å². The van der Waals surface area contributed by atoms with Crippen LogP contribution in [0.25, 0.3) is 5.69 Å². The first kappa shape index (κ1) is 12.5. The molecule has 2 aromatic rings. The van der Waals surface area contributed by atoms with E-state index in [2.05, 4.69) is 22.4 Å². The van der Waals surface area contributed by atoms with E-state index in [0.29, 0.717) is 18.8 Å². The van der Waals surface area contributed by atoms with Crippen LogP contribution in [-0.2, 0) is 6.42 Å². The maximum Gasteiger partial charge on any atom is 0.145 e. The molecular weight excluding hydrogens is 232 g/mol. The van der Waals surface area contributed by atoms with Crippen molar-refractivity contribution < 1.29 is 9.84 Å². The minimum atomic E-state index is 0.118. The summed E-state index contributed by atoms with van der Waals surface area (Å²) >= 11 is 0. The van der Waals surface area contributed by atoms with Gasteiger partial charge in [0.2, 0.25) is 0 Å². The predicted octanol–water partition coefficient (Wildman–Crippen LogP) is 0.986. The zero-order chi connectivity index (χ0) is 12.8. The molecule has 0 saturated carbocycles. The van der Waals surface area contributed by atoms with E-state index in [9.17, 15) is 0 Å². The summed E-state index contributed by atoms with van der Waals surface area (Å²) in [5, 5.41) is 19.9. The smallest absolute Gasteiger partial charge is 0.145 e. The molecule has 0 atom stereocenters. The van der Waals surface area contributed by atoms with Crippen LogP contribution in [0.3, 0.4) is 0 Å². The lowest BCUT2D eigenvalue weighted by atomic mass is 10.1. The fourth-order valence-corrected chi connectivity index (χ4v) is 1.60. The van der Waals surface area contributed by atoms with Crippen molar-refractivity contribution in [3.05, 3.63) is 30.1 Å². The summed E-state index contributed by atoms with van der Waals surface area (Å²) in [6, 6.07) is 5.93. The summed E-state index contributed by atoms with van der Waals surface area (Å²) in [4.78, 5) is 0. The Balaban J connectivity index is 2.27. The molecule has 96 valence electrons. The molecule has 0 unspecified atom stereocenters. The monoisotopic (exact) mass is 248 g/mol. The number of aliphatic hydroxyl groups is 1. The van der Waals surface area contributed by atoms with Gasteiger partial charge in [0.05, 0.1) is 6.61 Å². The second kappa shape index (κ2) is 6.11. The van der Waals surface area contributed by atoms with Crippen molar-refractivity contribution >= 4 is 0 Å². The third kappa shape index (κ3) is 2.84. The molecular formula is C12H16N4O2. The van der Waals surface area contributed by atoms with E-state index < -0.39 is 0 Å². The van der Waals surface area contributed by atoms with Crippen molar-refractivity contribution in [3.8, 4) is 11.4 Å². The van der Waals surface area contributed by atoms with Gasteiger partial charge in [0.1, 0.15) is 17.8 Å². The lowest BCUT2D eigenvalue weighted by molar-refractivity contribution is 0.233. The van der Waals surface area contributed by atoms with Gasteiger partial charge in [-0.3, -0.25) is 0 Å². The molecule has 0 spiro atoms. The van der Waals surface area contributed by atoms with Crippen LogP contribution in [0.5, 0.6) is 5.75 Å². The van der Waals surface area contributed by atoms with E-state index in [4.69, 9.17) is 9.84 Å². The second-order valence-electron chi connectivity index (χ2n) is 3.84. The Hall–Kier alpha value is -1.95. The number of hydrogen-bond donors (Lipinski definition) is 1. The van der Waals surface area contributed by atoms with Crippen LogP contribution in [0.1, 0.15) is 18.9 Å². The normalized spacial score (nSPS) is 10.6. The predicted molar refractivity (Wildman–Crippen MR) is 65.7 cm³/mol. The fourth-order valence-electron chi connectivity index (χ4n) is 1.60. The van der Waals surface area contributed by atoms with Crippen LogP contribution < -0.4 is 4.74 Å². The molecule has 1 aromatic heterocycles. The van der Waals surface area contributed by atoms with Crippen LogP contribution in [0.15, 0.2) is 24.5 Å². The van der Waals surface area contributed by atoms with Gasteiger partial charge in [-0.2, -0.15) is 4.68 Å². The van der Waals surface area contributed by atoms with Crippen LogP contribution in [0.4, 0.5) is 0 Å². The Morgan fingerprint density at radius 3 is 2.94 bits per heavy atom. The zero-order valence-electron chi connectivity index (χ0n) is 10.3. The van der Waals surface area contributed by atoms with Gasteiger partial charge in [-0.15, -0.1) is 5.10 Å². The third-order valence-corrected chi connectivity index (χ3v) is 2.59. The summed E-state index contributed by atoms with van der Waals surface area (Å²) in [6.07, 6.45) is 3.07. The minimum absolute atomic E-state index is 0.118. The largest absolute Gasteiger partial charge is 0.491 e. The van der Waals surface area contributed by atoms with E-state index in [1.165, 1.54) is 11.9 Å². The number of rotatable bonds is 6. The highest BCUT2D eigenvalue weighted by atomic mass is 16.5. The molecule has 0 bridgehead atoms. The molecule has 0 aliphatic heterocycles. The van der Waals surface area contributed by atoms with Gasteiger partial charge in [-0.05, 0) is 34.5 Å². The molecule has 1 heterocycles. The lowest BCUT2D eigenvalue weighted by Crippen LogP contribution is -2.05. The molecule has 0 saturated heterocycles. The summed E-state index contributed by atoms with van der Waals surface area (Å²) in [5.41, 5.74) is 2.01. The quantitative estimate of drug-likeness (QED) is 0.772. The molecule has 0 aliphatic carbocycles. The first-order valence-corrected chi connectivity index (χ1v) is 5.95. The average molecular weight is 248 g/mol. The number of aliphatic hydroxyl groups excluding tert-OH is 1. The van der Waals surface area contributed by atoms with Crippen molar-refractivity contribution in [2.75, 3.05) is 13.2 Å². The van der Waals surface area contributed by atoms with E-state index in [0.717, 1.165) is 12.1 Å². The van der Waals surface area contributed by atoms with E-state index in [1.54, 1.807) is 4.68 Å². The molecule has 1 aromatic carbocycles. The summed E-state index contributed by atoms with van der Waals surface area (Å²) < 4.78 is 7.20. The highest BCUT2D eigenvalue weighted by molar-refractivity contribution is 5.48. The Kier molecular flexibility index (Phi) is 4.25. The zero-order valence-corrected chi connectivity index (χ0v) is 10.3. The topological polar surface area (TPSA) is 73.1 Å². The Morgan fingerprint density at radius 1 is 1.39 bits per heavy atom. The fraction of sp³-hybridized carbons (Fsp3) is 0.417. The van der Waals surface area contributed by atoms with Crippen LogP contribution >= 0.6 is 0 Å². The number of nitrogens with zero attached hydrogens (tertiary/aromatic N) is 4. The summed E-state index contributed by atoms with van der Waals surface area (Å²) in [7, 11) is 0. The number of aryl methyl sites for hydroxylation is 1. The van der Waals surface area contributed by atoms with Crippen molar-refractivity contribution in [1.82, 2.24) is 20.2 Å². The van der Waals surface area contributed by atoms with Crippen molar-refractivity contribution in [2.45, 2.75) is 19.8 Å². The Morgan fingerprint density at radius 2 is 2.28 bits per heavy atom. The summed E-state index contributed by atoms with van der Waals surface area (Å²) in [6.45, 7) is 2.68. The SMILES string of the molecule is CCc1ccc(OCCCO)c(-n2cnnn2)c1. The van der Waals surface area contributed by atoms with E-state index in [-0.39, 0.29) is 6.61 Å². The molecule has 0 aliphatic rings. The highest BCUT2D eigenvalue weighted by Gasteiger charge is 2.08. The maximum absolute atomic E-state index is 8.76. The lowest BCUT2D eigenvalue weighted by Gasteiger charge is -2.11. The molecule has 6 nitrogen and oxygen atoms in total. The molecule has 0 amide bonds. The van der Waals surface area contributed by atoms with Gasteiger partial charge >= 0.3 is 0 Å². The molecule has 1 N–H and O–H groups in total. The van der Waals surface area contributed by atoms with Gasteiger partial charge in [0, 0.05) is 13.0 Å².